The first-order valence-corrected chi connectivity index (χ1v) is 8.86. The number of amides is 2. The summed E-state index contributed by atoms with van der Waals surface area (Å²) in [6, 6.07) is 6.59. The standard InChI is InChI=1S/C19H26N2O5/c1-13(2)12-25-19(24)20-16-7-9-21(10-8-16)18(23)15-5-4-6-17(11-15)26-14(3)22/h4-6,11,13,16H,7-10,12H2,1-3H3,(H,20,24). The Morgan fingerprint density at radius 3 is 2.54 bits per heavy atom. The highest BCUT2D eigenvalue weighted by Crippen LogP contribution is 2.18. The van der Waals surface area contributed by atoms with Crippen molar-refractivity contribution in [3.8, 4) is 5.75 Å². The lowest BCUT2D eigenvalue weighted by Gasteiger charge is -2.32. The molecule has 26 heavy (non-hydrogen) atoms. The van der Waals surface area contributed by atoms with Gasteiger partial charge in [-0.15, -0.1) is 0 Å². The first kappa shape index (κ1) is 19.8. The molecule has 1 aromatic rings. The number of alkyl carbamates (subject to hydrolysis) is 1. The third-order valence-corrected chi connectivity index (χ3v) is 3.99. The van der Waals surface area contributed by atoms with Crippen molar-refractivity contribution >= 4 is 18.0 Å². The van der Waals surface area contributed by atoms with Crippen molar-refractivity contribution in [2.75, 3.05) is 19.7 Å². The van der Waals surface area contributed by atoms with E-state index in [0.29, 0.717) is 49.8 Å². The zero-order valence-corrected chi connectivity index (χ0v) is 15.5. The molecule has 1 saturated heterocycles. The molecule has 0 spiro atoms. The van der Waals surface area contributed by atoms with Crippen molar-refractivity contribution in [3.05, 3.63) is 29.8 Å². The Labute approximate surface area is 153 Å². The number of nitrogens with zero attached hydrogens (tertiary/aromatic N) is 1. The Kier molecular flexibility index (Phi) is 7.00. The number of nitrogens with one attached hydrogen (secondary N) is 1. The van der Waals surface area contributed by atoms with E-state index in [1.165, 1.54) is 6.92 Å². The van der Waals surface area contributed by atoms with Crippen molar-refractivity contribution in [3.63, 3.8) is 0 Å². The summed E-state index contributed by atoms with van der Waals surface area (Å²) < 4.78 is 10.1. The number of esters is 1. The molecule has 0 aromatic heterocycles. The van der Waals surface area contributed by atoms with Crippen LogP contribution < -0.4 is 10.1 Å². The predicted molar refractivity (Wildman–Crippen MR) is 96.0 cm³/mol. The molecular weight excluding hydrogens is 336 g/mol. The molecule has 2 amide bonds. The molecule has 0 unspecified atom stereocenters. The van der Waals surface area contributed by atoms with Gasteiger partial charge in [-0.25, -0.2) is 4.79 Å². The first-order valence-electron chi connectivity index (χ1n) is 8.86. The van der Waals surface area contributed by atoms with Gasteiger partial charge in [0.05, 0.1) is 6.61 Å². The van der Waals surface area contributed by atoms with Crippen molar-refractivity contribution in [1.29, 1.82) is 0 Å². The quantitative estimate of drug-likeness (QED) is 0.643. The van der Waals surface area contributed by atoms with E-state index in [9.17, 15) is 14.4 Å². The largest absolute Gasteiger partial charge is 0.449 e. The third-order valence-electron chi connectivity index (χ3n) is 3.99. The van der Waals surface area contributed by atoms with Gasteiger partial charge in [-0.1, -0.05) is 19.9 Å². The summed E-state index contributed by atoms with van der Waals surface area (Å²) in [5, 5.41) is 2.85. The van der Waals surface area contributed by atoms with Crippen LogP contribution in [0.5, 0.6) is 5.75 Å². The summed E-state index contributed by atoms with van der Waals surface area (Å²) in [5.74, 6) is 0.112. The van der Waals surface area contributed by atoms with Crippen LogP contribution in [-0.4, -0.2) is 48.6 Å². The van der Waals surface area contributed by atoms with Crippen LogP contribution in [0.3, 0.4) is 0 Å². The van der Waals surface area contributed by atoms with Gasteiger partial charge in [-0.05, 0) is 37.0 Å². The third kappa shape index (κ3) is 6.06. The lowest BCUT2D eigenvalue weighted by molar-refractivity contribution is -0.131. The number of carbonyl (C=O) groups excluding carboxylic acids is 3. The molecule has 1 heterocycles. The van der Waals surface area contributed by atoms with Gasteiger partial charge in [0.15, 0.2) is 0 Å². The number of hydrogen-bond acceptors (Lipinski definition) is 5. The van der Waals surface area contributed by atoms with E-state index in [1.807, 2.05) is 13.8 Å². The topological polar surface area (TPSA) is 84.9 Å². The summed E-state index contributed by atoms with van der Waals surface area (Å²) in [6.45, 7) is 6.76. The minimum atomic E-state index is -0.425. The van der Waals surface area contributed by atoms with Gasteiger partial charge >= 0.3 is 12.1 Å². The van der Waals surface area contributed by atoms with E-state index in [0.717, 1.165) is 0 Å². The van der Waals surface area contributed by atoms with Gasteiger partial charge in [-0.2, -0.15) is 0 Å². The Morgan fingerprint density at radius 1 is 1.23 bits per heavy atom. The molecule has 0 atom stereocenters. The molecule has 1 aliphatic rings. The van der Waals surface area contributed by atoms with Gasteiger partial charge in [-0.3, -0.25) is 9.59 Å². The van der Waals surface area contributed by atoms with Crippen LogP contribution in [0.15, 0.2) is 24.3 Å². The van der Waals surface area contributed by atoms with Crippen LogP contribution in [0.4, 0.5) is 4.79 Å². The summed E-state index contributed by atoms with van der Waals surface area (Å²) in [4.78, 5) is 37.1. The van der Waals surface area contributed by atoms with Crippen LogP contribution in [0, 0.1) is 5.92 Å². The van der Waals surface area contributed by atoms with Crippen LogP contribution >= 0.6 is 0 Å². The number of carbonyl (C=O) groups is 3. The summed E-state index contributed by atoms with van der Waals surface area (Å²) in [7, 11) is 0. The smallest absolute Gasteiger partial charge is 0.407 e. The van der Waals surface area contributed by atoms with Crippen LogP contribution in [-0.2, 0) is 9.53 Å². The molecular formula is C19H26N2O5. The average Bonchev–Trinajstić information content (AvgIpc) is 2.60. The van der Waals surface area contributed by atoms with E-state index in [4.69, 9.17) is 9.47 Å². The number of benzene rings is 1. The molecule has 0 bridgehead atoms. The number of hydrogen-bond donors (Lipinski definition) is 1. The number of likely N-dealkylation sites (tertiary alicyclic amines) is 1. The second-order valence-electron chi connectivity index (χ2n) is 6.82. The van der Waals surface area contributed by atoms with Crippen molar-refractivity contribution in [2.24, 2.45) is 5.92 Å². The Balaban J connectivity index is 1.84. The van der Waals surface area contributed by atoms with Gasteiger partial charge in [0.25, 0.3) is 5.91 Å². The Morgan fingerprint density at radius 2 is 1.92 bits per heavy atom. The fraction of sp³-hybridized carbons (Fsp3) is 0.526. The highest BCUT2D eigenvalue weighted by Gasteiger charge is 2.25. The molecule has 1 N–H and O–H groups in total. The van der Waals surface area contributed by atoms with E-state index < -0.39 is 12.1 Å². The second-order valence-corrected chi connectivity index (χ2v) is 6.82. The van der Waals surface area contributed by atoms with Crippen molar-refractivity contribution < 1.29 is 23.9 Å². The zero-order valence-electron chi connectivity index (χ0n) is 15.5. The van der Waals surface area contributed by atoms with Crippen LogP contribution in [0.25, 0.3) is 0 Å². The molecule has 7 nitrogen and oxygen atoms in total. The minimum absolute atomic E-state index is 0.00564. The average molecular weight is 362 g/mol. The summed E-state index contributed by atoms with van der Waals surface area (Å²) in [5.41, 5.74) is 0.478. The Bertz CT molecular complexity index is 651. The van der Waals surface area contributed by atoms with Gasteiger partial charge in [0, 0.05) is 31.6 Å². The fourth-order valence-electron chi connectivity index (χ4n) is 2.72. The molecule has 1 aromatic carbocycles. The van der Waals surface area contributed by atoms with Crippen LogP contribution in [0.2, 0.25) is 0 Å². The lowest BCUT2D eigenvalue weighted by atomic mass is 10.0. The van der Waals surface area contributed by atoms with Crippen molar-refractivity contribution in [2.45, 2.75) is 39.7 Å². The maximum Gasteiger partial charge on any atom is 0.407 e. The highest BCUT2D eigenvalue weighted by atomic mass is 16.5. The molecule has 2 rings (SSSR count). The molecule has 0 radical (unpaired) electrons. The van der Waals surface area contributed by atoms with E-state index in [-0.39, 0.29) is 11.9 Å². The highest BCUT2D eigenvalue weighted by molar-refractivity contribution is 5.94. The number of rotatable bonds is 5. The van der Waals surface area contributed by atoms with Gasteiger partial charge in [0.1, 0.15) is 5.75 Å². The molecule has 0 aliphatic carbocycles. The van der Waals surface area contributed by atoms with E-state index in [2.05, 4.69) is 5.32 Å². The summed E-state index contributed by atoms with van der Waals surface area (Å²) >= 11 is 0. The molecule has 0 saturated carbocycles. The predicted octanol–water partition coefficient (Wildman–Crippen LogP) is 2.60. The maximum atomic E-state index is 12.6. The van der Waals surface area contributed by atoms with Gasteiger partial charge < -0.3 is 19.7 Å². The monoisotopic (exact) mass is 362 g/mol. The fourth-order valence-corrected chi connectivity index (χ4v) is 2.72. The normalized spacial score (nSPS) is 14.8. The van der Waals surface area contributed by atoms with Crippen LogP contribution in [0.1, 0.15) is 44.0 Å². The van der Waals surface area contributed by atoms with E-state index >= 15 is 0 Å². The zero-order chi connectivity index (χ0) is 19.1. The second kappa shape index (κ2) is 9.22. The number of ether oxygens (including phenoxy) is 2. The number of piperidine rings is 1. The molecule has 1 aliphatic heterocycles. The van der Waals surface area contributed by atoms with E-state index in [1.54, 1.807) is 29.2 Å². The van der Waals surface area contributed by atoms with Gasteiger partial charge in [0.2, 0.25) is 0 Å². The molecule has 1 fully saturated rings. The SMILES string of the molecule is CC(=O)Oc1cccc(C(=O)N2CCC(NC(=O)OCC(C)C)CC2)c1. The Hall–Kier alpha value is -2.57. The first-order chi connectivity index (χ1) is 12.3. The van der Waals surface area contributed by atoms with Crippen molar-refractivity contribution in [1.82, 2.24) is 10.2 Å². The minimum Gasteiger partial charge on any atom is -0.449 e. The summed E-state index contributed by atoms with van der Waals surface area (Å²) in [6.07, 6.45) is 0.941. The maximum absolute atomic E-state index is 12.6. The molecule has 142 valence electrons. The molecule has 7 heteroatoms. The lowest BCUT2D eigenvalue weighted by Crippen LogP contribution is -2.46.